The molecule has 0 unspecified atom stereocenters. The number of cyclic esters (lactones) is 1. The van der Waals surface area contributed by atoms with Gasteiger partial charge in [-0.2, -0.15) is 0 Å². The lowest BCUT2D eigenvalue weighted by atomic mass is 10.1. The van der Waals surface area contributed by atoms with E-state index < -0.39 is 11.8 Å². The Hall–Kier alpha value is -3.64. The van der Waals surface area contributed by atoms with Gasteiger partial charge >= 0.3 is 5.97 Å². The minimum absolute atomic E-state index is 0.0649. The molecule has 31 heavy (non-hydrogen) atoms. The SMILES string of the molecule is COc1cc(/C=C2/N=C(c3ccccc3F)OC2=O)ccc1OCc1ccc(Cl)cc1. The predicted molar refractivity (Wildman–Crippen MR) is 116 cm³/mol. The van der Waals surface area contributed by atoms with E-state index in [1.165, 1.54) is 19.2 Å². The Balaban J connectivity index is 1.54. The third-order valence-electron chi connectivity index (χ3n) is 4.52. The molecule has 0 saturated heterocycles. The standard InChI is InChI=1S/C24H17ClFNO4/c1-29-22-13-16(8-11-21(22)30-14-15-6-9-17(25)10-7-15)12-20-24(28)31-23(27-20)18-4-2-3-5-19(18)26/h2-13H,14H2,1H3/b20-12+. The van der Waals surface area contributed by atoms with Gasteiger partial charge in [0.1, 0.15) is 12.4 Å². The summed E-state index contributed by atoms with van der Waals surface area (Å²) in [5.74, 6) is -0.194. The first kappa shape index (κ1) is 20.6. The molecule has 156 valence electrons. The first-order valence-corrected chi connectivity index (χ1v) is 9.74. The van der Waals surface area contributed by atoms with Crippen molar-refractivity contribution in [2.24, 2.45) is 4.99 Å². The molecule has 0 aliphatic carbocycles. The van der Waals surface area contributed by atoms with E-state index >= 15 is 0 Å². The van der Waals surface area contributed by atoms with E-state index in [0.29, 0.717) is 28.7 Å². The zero-order chi connectivity index (χ0) is 21.8. The fraction of sp³-hybridized carbons (Fsp3) is 0.0833. The van der Waals surface area contributed by atoms with Crippen molar-refractivity contribution in [2.75, 3.05) is 7.11 Å². The van der Waals surface area contributed by atoms with Gasteiger partial charge in [-0.15, -0.1) is 0 Å². The van der Waals surface area contributed by atoms with Crippen LogP contribution in [0.25, 0.3) is 6.08 Å². The summed E-state index contributed by atoms with van der Waals surface area (Å²) >= 11 is 5.90. The maximum absolute atomic E-state index is 14.0. The topological polar surface area (TPSA) is 57.1 Å². The van der Waals surface area contributed by atoms with Crippen molar-refractivity contribution in [1.82, 2.24) is 0 Å². The molecule has 0 spiro atoms. The van der Waals surface area contributed by atoms with Gasteiger partial charge in [-0.25, -0.2) is 14.2 Å². The molecule has 1 heterocycles. The van der Waals surface area contributed by atoms with E-state index in [1.807, 2.05) is 12.1 Å². The minimum Gasteiger partial charge on any atom is -0.493 e. The highest BCUT2D eigenvalue weighted by Gasteiger charge is 2.26. The summed E-state index contributed by atoms with van der Waals surface area (Å²) in [5, 5.41) is 0.657. The van der Waals surface area contributed by atoms with Gasteiger partial charge in [0.05, 0.1) is 12.7 Å². The highest BCUT2D eigenvalue weighted by atomic mass is 35.5. The van der Waals surface area contributed by atoms with Crippen molar-refractivity contribution < 1.29 is 23.4 Å². The number of methoxy groups -OCH3 is 1. The maximum atomic E-state index is 14.0. The van der Waals surface area contributed by atoms with Gasteiger partial charge in [-0.3, -0.25) is 0 Å². The molecule has 1 aliphatic rings. The van der Waals surface area contributed by atoms with E-state index in [-0.39, 0.29) is 17.2 Å². The largest absolute Gasteiger partial charge is 0.493 e. The number of esters is 1. The van der Waals surface area contributed by atoms with Crippen LogP contribution in [0.15, 0.2) is 77.4 Å². The molecule has 7 heteroatoms. The van der Waals surface area contributed by atoms with Gasteiger partial charge in [0.25, 0.3) is 0 Å². The second kappa shape index (κ2) is 9.02. The van der Waals surface area contributed by atoms with Crippen LogP contribution in [0.5, 0.6) is 11.5 Å². The molecule has 1 aliphatic heterocycles. The van der Waals surface area contributed by atoms with E-state index in [0.717, 1.165) is 5.56 Å². The lowest BCUT2D eigenvalue weighted by Crippen LogP contribution is -2.07. The number of nitrogens with zero attached hydrogens (tertiary/aromatic N) is 1. The number of benzene rings is 3. The minimum atomic E-state index is -0.653. The lowest BCUT2D eigenvalue weighted by Gasteiger charge is -2.11. The second-order valence-electron chi connectivity index (χ2n) is 6.64. The van der Waals surface area contributed by atoms with Crippen molar-refractivity contribution in [3.63, 3.8) is 0 Å². The van der Waals surface area contributed by atoms with Crippen molar-refractivity contribution in [3.05, 3.63) is 100.0 Å². The fourth-order valence-corrected chi connectivity index (χ4v) is 3.08. The first-order chi connectivity index (χ1) is 15.0. The molecule has 3 aromatic rings. The summed E-state index contributed by atoms with van der Waals surface area (Å²) in [6.45, 7) is 0.344. The van der Waals surface area contributed by atoms with Crippen LogP contribution in [0.2, 0.25) is 5.02 Å². The summed E-state index contributed by atoms with van der Waals surface area (Å²) in [5.41, 5.74) is 1.81. The third kappa shape index (κ3) is 4.75. The van der Waals surface area contributed by atoms with E-state index in [1.54, 1.807) is 48.5 Å². The molecule has 0 aromatic heterocycles. The van der Waals surface area contributed by atoms with Crippen LogP contribution in [0.3, 0.4) is 0 Å². The van der Waals surface area contributed by atoms with Crippen molar-refractivity contribution in [1.29, 1.82) is 0 Å². The second-order valence-corrected chi connectivity index (χ2v) is 7.08. The van der Waals surface area contributed by atoms with E-state index in [9.17, 15) is 9.18 Å². The van der Waals surface area contributed by atoms with Crippen molar-refractivity contribution in [2.45, 2.75) is 6.61 Å². The number of halogens is 2. The van der Waals surface area contributed by atoms with Crippen LogP contribution in [-0.4, -0.2) is 19.0 Å². The molecule has 5 nitrogen and oxygen atoms in total. The van der Waals surface area contributed by atoms with Crippen LogP contribution in [0, 0.1) is 5.82 Å². The van der Waals surface area contributed by atoms with E-state index in [2.05, 4.69) is 4.99 Å². The van der Waals surface area contributed by atoms with Crippen molar-refractivity contribution in [3.8, 4) is 11.5 Å². The number of hydrogen-bond donors (Lipinski definition) is 0. The monoisotopic (exact) mass is 437 g/mol. The molecule has 0 radical (unpaired) electrons. The molecule has 4 rings (SSSR count). The number of aliphatic imine (C=N–C) groups is 1. The number of carbonyl (C=O) groups is 1. The van der Waals surface area contributed by atoms with Gasteiger partial charge in [-0.1, -0.05) is 41.9 Å². The number of hydrogen-bond acceptors (Lipinski definition) is 5. The Morgan fingerprint density at radius 1 is 1.06 bits per heavy atom. The molecule has 0 bridgehead atoms. The van der Waals surface area contributed by atoms with Crippen LogP contribution >= 0.6 is 11.6 Å². The van der Waals surface area contributed by atoms with Crippen LogP contribution in [-0.2, 0) is 16.1 Å². The number of carbonyl (C=O) groups excluding carboxylic acids is 1. The molecule has 0 N–H and O–H groups in total. The molecule has 0 fully saturated rings. The van der Waals surface area contributed by atoms with Gasteiger partial charge in [0, 0.05) is 5.02 Å². The normalized spacial score (nSPS) is 14.4. The summed E-state index contributed by atoms with van der Waals surface area (Å²) < 4.78 is 30.3. The van der Waals surface area contributed by atoms with Gasteiger partial charge in [-0.05, 0) is 53.6 Å². The molecule has 0 atom stereocenters. The van der Waals surface area contributed by atoms with Gasteiger partial charge in [0.15, 0.2) is 17.2 Å². The van der Waals surface area contributed by atoms with Gasteiger partial charge < -0.3 is 14.2 Å². The number of rotatable bonds is 6. The Kier molecular flexibility index (Phi) is 6.00. The highest BCUT2D eigenvalue weighted by Crippen LogP contribution is 2.30. The molecule has 3 aromatic carbocycles. The van der Waals surface area contributed by atoms with Crippen LogP contribution in [0.1, 0.15) is 16.7 Å². The third-order valence-corrected chi connectivity index (χ3v) is 4.78. The Morgan fingerprint density at radius 3 is 2.58 bits per heavy atom. The smallest absolute Gasteiger partial charge is 0.363 e. The molecular formula is C24H17ClFNO4. The summed E-state index contributed by atoms with van der Waals surface area (Å²) in [6, 6.07) is 18.5. The molecular weight excluding hydrogens is 421 g/mol. The number of ether oxygens (including phenoxy) is 3. The van der Waals surface area contributed by atoms with Gasteiger partial charge in [0.2, 0.25) is 5.90 Å². The summed E-state index contributed by atoms with van der Waals surface area (Å²) in [6.07, 6.45) is 1.54. The maximum Gasteiger partial charge on any atom is 0.363 e. The Labute approximate surface area is 183 Å². The summed E-state index contributed by atoms with van der Waals surface area (Å²) in [7, 11) is 1.53. The first-order valence-electron chi connectivity index (χ1n) is 9.36. The van der Waals surface area contributed by atoms with Crippen LogP contribution < -0.4 is 9.47 Å². The average molecular weight is 438 g/mol. The molecule has 0 amide bonds. The van der Waals surface area contributed by atoms with E-state index in [4.69, 9.17) is 25.8 Å². The van der Waals surface area contributed by atoms with Crippen molar-refractivity contribution >= 4 is 29.5 Å². The fourth-order valence-electron chi connectivity index (χ4n) is 2.95. The predicted octanol–water partition coefficient (Wildman–Crippen LogP) is 5.41. The van der Waals surface area contributed by atoms with Crippen LogP contribution in [0.4, 0.5) is 4.39 Å². The Morgan fingerprint density at radius 2 is 1.84 bits per heavy atom. The summed E-state index contributed by atoms with van der Waals surface area (Å²) in [4.78, 5) is 16.3. The zero-order valence-corrected chi connectivity index (χ0v) is 17.2. The molecule has 0 saturated carbocycles. The lowest BCUT2D eigenvalue weighted by molar-refractivity contribution is -0.129. The Bertz CT molecular complexity index is 1190. The highest BCUT2D eigenvalue weighted by molar-refractivity contribution is 6.30. The average Bonchev–Trinajstić information content (AvgIpc) is 3.14. The quantitative estimate of drug-likeness (QED) is 0.382. The zero-order valence-electron chi connectivity index (χ0n) is 16.5.